The Morgan fingerprint density at radius 3 is 2.67 bits per heavy atom. The fourth-order valence-corrected chi connectivity index (χ4v) is 2.38. The maximum absolute atomic E-state index is 12.1. The SMILES string of the molecule is CN1C(=O)C(=NCC(F)(F)F)c2cccc(Br)c21. The lowest BCUT2D eigenvalue weighted by atomic mass is 10.1. The van der Waals surface area contributed by atoms with Gasteiger partial charge in [-0.1, -0.05) is 12.1 Å². The van der Waals surface area contributed by atoms with Crippen molar-refractivity contribution in [3.05, 3.63) is 28.2 Å². The lowest BCUT2D eigenvalue weighted by Gasteiger charge is -2.10. The zero-order valence-corrected chi connectivity index (χ0v) is 10.8. The van der Waals surface area contributed by atoms with Gasteiger partial charge >= 0.3 is 6.18 Å². The van der Waals surface area contributed by atoms with Gasteiger partial charge < -0.3 is 4.90 Å². The van der Waals surface area contributed by atoms with Crippen LogP contribution in [-0.2, 0) is 4.79 Å². The van der Waals surface area contributed by atoms with E-state index in [9.17, 15) is 18.0 Å². The number of likely N-dealkylation sites (N-methyl/N-ethyl adjacent to an activating group) is 1. The number of nitrogens with zero attached hydrogens (tertiary/aromatic N) is 2. The van der Waals surface area contributed by atoms with E-state index in [0.29, 0.717) is 15.7 Å². The largest absolute Gasteiger partial charge is 0.407 e. The molecule has 1 aromatic carbocycles. The maximum Gasteiger partial charge on any atom is 0.407 e. The molecule has 18 heavy (non-hydrogen) atoms. The first-order valence-corrected chi connectivity index (χ1v) is 5.78. The predicted octanol–water partition coefficient (Wildman–Crippen LogP) is 2.78. The highest BCUT2D eigenvalue weighted by Gasteiger charge is 2.34. The molecule has 1 heterocycles. The summed E-state index contributed by atoms with van der Waals surface area (Å²) in [6, 6.07) is 4.95. The number of hydrogen-bond donors (Lipinski definition) is 0. The fourth-order valence-electron chi connectivity index (χ4n) is 1.74. The molecule has 0 spiro atoms. The van der Waals surface area contributed by atoms with Crippen molar-refractivity contribution in [3.8, 4) is 0 Å². The first-order chi connectivity index (χ1) is 8.31. The number of halogens is 4. The Kier molecular flexibility index (Phi) is 3.18. The average molecular weight is 321 g/mol. The standard InChI is InChI=1S/C11H8BrF3N2O/c1-17-9-6(3-2-4-7(9)12)8(10(17)18)16-5-11(13,14)15/h2-4H,5H2,1H3. The van der Waals surface area contributed by atoms with Gasteiger partial charge in [0.25, 0.3) is 5.91 Å². The topological polar surface area (TPSA) is 32.7 Å². The Hall–Kier alpha value is -1.37. The monoisotopic (exact) mass is 320 g/mol. The highest BCUT2D eigenvalue weighted by atomic mass is 79.9. The fraction of sp³-hybridized carbons (Fsp3) is 0.273. The molecule has 0 bridgehead atoms. The molecule has 0 saturated heterocycles. The Morgan fingerprint density at radius 2 is 2.06 bits per heavy atom. The van der Waals surface area contributed by atoms with E-state index in [2.05, 4.69) is 20.9 Å². The molecule has 0 N–H and O–H groups in total. The summed E-state index contributed by atoms with van der Waals surface area (Å²) in [5.41, 5.74) is 0.815. The Bertz CT molecular complexity index is 540. The van der Waals surface area contributed by atoms with Crippen LogP contribution in [0.4, 0.5) is 18.9 Å². The van der Waals surface area contributed by atoms with Gasteiger partial charge in [-0.25, -0.2) is 0 Å². The third-order valence-corrected chi connectivity index (χ3v) is 3.14. The molecule has 1 amide bonds. The van der Waals surface area contributed by atoms with E-state index in [0.717, 1.165) is 0 Å². The number of anilines is 1. The minimum absolute atomic E-state index is 0.147. The Morgan fingerprint density at radius 1 is 1.39 bits per heavy atom. The molecule has 0 atom stereocenters. The number of fused-ring (bicyclic) bond motifs is 1. The molecule has 1 aliphatic rings. The van der Waals surface area contributed by atoms with Crippen LogP contribution in [-0.4, -0.2) is 31.4 Å². The first-order valence-electron chi connectivity index (χ1n) is 4.99. The molecular formula is C11H8BrF3N2O. The van der Waals surface area contributed by atoms with Crippen LogP contribution in [0.15, 0.2) is 27.7 Å². The van der Waals surface area contributed by atoms with E-state index < -0.39 is 18.6 Å². The van der Waals surface area contributed by atoms with Gasteiger partial charge in [0, 0.05) is 17.1 Å². The molecule has 0 unspecified atom stereocenters. The number of para-hydroxylation sites is 1. The van der Waals surface area contributed by atoms with Crippen LogP contribution in [0.3, 0.4) is 0 Å². The zero-order chi connectivity index (χ0) is 13.5. The van der Waals surface area contributed by atoms with Gasteiger partial charge in [-0.15, -0.1) is 0 Å². The average Bonchev–Trinajstić information content (AvgIpc) is 2.50. The summed E-state index contributed by atoms with van der Waals surface area (Å²) in [6.45, 7) is -1.35. The van der Waals surface area contributed by atoms with Gasteiger partial charge in [0.15, 0.2) is 0 Å². The number of hydrogen-bond acceptors (Lipinski definition) is 2. The summed E-state index contributed by atoms with van der Waals surface area (Å²) in [4.78, 5) is 16.5. The number of benzene rings is 1. The normalized spacial score (nSPS) is 17.5. The van der Waals surface area contributed by atoms with Crippen molar-refractivity contribution in [2.45, 2.75) is 6.18 Å². The molecule has 0 aromatic heterocycles. The van der Waals surface area contributed by atoms with Crippen LogP contribution < -0.4 is 4.90 Å². The summed E-state index contributed by atoms with van der Waals surface area (Å²) >= 11 is 3.26. The smallest absolute Gasteiger partial charge is 0.308 e. The van der Waals surface area contributed by atoms with Crippen molar-refractivity contribution in [2.24, 2.45) is 4.99 Å². The number of amides is 1. The van der Waals surface area contributed by atoms with Crippen LogP contribution in [0.5, 0.6) is 0 Å². The molecule has 0 aliphatic carbocycles. The molecule has 3 nitrogen and oxygen atoms in total. The molecule has 0 fully saturated rings. The molecule has 1 aliphatic heterocycles. The minimum atomic E-state index is -4.42. The van der Waals surface area contributed by atoms with E-state index in [1.54, 1.807) is 18.2 Å². The van der Waals surface area contributed by atoms with Gasteiger partial charge in [-0.3, -0.25) is 9.79 Å². The molecule has 1 aromatic rings. The highest BCUT2D eigenvalue weighted by Crippen LogP contribution is 2.35. The summed E-state index contributed by atoms with van der Waals surface area (Å²) < 4.78 is 37.1. The molecule has 0 saturated carbocycles. The minimum Gasteiger partial charge on any atom is -0.308 e. The van der Waals surface area contributed by atoms with E-state index in [1.807, 2.05) is 0 Å². The predicted molar refractivity (Wildman–Crippen MR) is 65.0 cm³/mol. The Labute approximate surface area is 109 Å². The highest BCUT2D eigenvalue weighted by molar-refractivity contribution is 9.10. The van der Waals surface area contributed by atoms with E-state index >= 15 is 0 Å². The number of aliphatic imine (C=N–C) groups is 1. The molecular weight excluding hydrogens is 313 g/mol. The third kappa shape index (κ3) is 2.27. The van der Waals surface area contributed by atoms with Crippen molar-refractivity contribution in [1.82, 2.24) is 0 Å². The van der Waals surface area contributed by atoms with Crippen LogP contribution in [0.25, 0.3) is 0 Å². The van der Waals surface area contributed by atoms with E-state index in [4.69, 9.17) is 0 Å². The molecule has 0 radical (unpaired) electrons. The Balaban J connectivity index is 2.47. The number of carbonyl (C=O) groups excluding carboxylic acids is 1. The lowest BCUT2D eigenvalue weighted by molar-refractivity contribution is -0.118. The number of carbonyl (C=O) groups is 1. The van der Waals surface area contributed by atoms with Gasteiger partial charge in [0.2, 0.25) is 0 Å². The third-order valence-electron chi connectivity index (χ3n) is 2.50. The van der Waals surface area contributed by atoms with E-state index in [-0.39, 0.29) is 5.71 Å². The summed E-state index contributed by atoms with van der Waals surface area (Å²) in [5.74, 6) is -0.527. The number of alkyl halides is 3. The molecule has 7 heteroatoms. The van der Waals surface area contributed by atoms with Gasteiger partial charge in [0.1, 0.15) is 12.3 Å². The lowest BCUT2D eigenvalue weighted by Crippen LogP contribution is -2.26. The van der Waals surface area contributed by atoms with Crippen molar-refractivity contribution < 1.29 is 18.0 Å². The quantitative estimate of drug-likeness (QED) is 0.783. The van der Waals surface area contributed by atoms with Gasteiger partial charge in [-0.2, -0.15) is 13.2 Å². The van der Waals surface area contributed by atoms with Crippen molar-refractivity contribution in [1.29, 1.82) is 0 Å². The summed E-state index contributed by atoms with van der Waals surface area (Å²) in [6.07, 6.45) is -4.42. The zero-order valence-electron chi connectivity index (χ0n) is 9.25. The van der Waals surface area contributed by atoms with Crippen LogP contribution >= 0.6 is 15.9 Å². The van der Waals surface area contributed by atoms with Crippen molar-refractivity contribution >= 4 is 33.2 Å². The van der Waals surface area contributed by atoms with Gasteiger partial charge in [-0.05, 0) is 22.0 Å². The molecule has 96 valence electrons. The van der Waals surface area contributed by atoms with Gasteiger partial charge in [0.05, 0.1) is 5.69 Å². The van der Waals surface area contributed by atoms with Crippen molar-refractivity contribution in [2.75, 3.05) is 18.5 Å². The maximum atomic E-state index is 12.1. The summed E-state index contributed by atoms with van der Waals surface area (Å²) in [5, 5.41) is 0. The summed E-state index contributed by atoms with van der Waals surface area (Å²) in [7, 11) is 1.50. The van der Waals surface area contributed by atoms with Crippen LogP contribution in [0.1, 0.15) is 5.56 Å². The van der Waals surface area contributed by atoms with Crippen LogP contribution in [0, 0.1) is 0 Å². The second-order valence-corrected chi connectivity index (χ2v) is 4.63. The van der Waals surface area contributed by atoms with Crippen molar-refractivity contribution in [3.63, 3.8) is 0 Å². The van der Waals surface area contributed by atoms with Crippen LogP contribution in [0.2, 0.25) is 0 Å². The second-order valence-electron chi connectivity index (χ2n) is 3.78. The number of rotatable bonds is 1. The molecule has 2 rings (SSSR count). The second kappa shape index (κ2) is 4.38. The first kappa shape index (κ1) is 13.1. The van der Waals surface area contributed by atoms with E-state index in [1.165, 1.54) is 11.9 Å².